The molecule has 6 heteroatoms. The number of carbonyl (C=O) groups is 2. The van der Waals surface area contributed by atoms with Crippen LogP contribution in [0.4, 0.5) is 5.69 Å². The molecule has 0 fully saturated rings. The number of esters is 1. The SMILES string of the molecule is Cc1cccc(OCC(=O)OCC(=O)Nc2ccc(Cl)cc2)c1. The summed E-state index contributed by atoms with van der Waals surface area (Å²) in [4.78, 5) is 23.2. The summed E-state index contributed by atoms with van der Waals surface area (Å²) >= 11 is 5.75. The van der Waals surface area contributed by atoms with Crippen molar-refractivity contribution >= 4 is 29.2 Å². The quantitative estimate of drug-likeness (QED) is 0.824. The van der Waals surface area contributed by atoms with E-state index >= 15 is 0 Å². The molecule has 0 aliphatic carbocycles. The van der Waals surface area contributed by atoms with Crippen LogP contribution in [0.25, 0.3) is 0 Å². The number of amides is 1. The van der Waals surface area contributed by atoms with Crippen LogP contribution >= 0.6 is 11.6 Å². The lowest BCUT2D eigenvalue weighted by atomic mass is 10.2. The first kappa shape index (κ1) is 16.8. The summed E-state index contributed by atoms with van der Waals surface area (Å²) in [7, 11) is 0. The maximum atomic E-state index is 11.7. The topological polar surface area (TPSA) is 64.6 Å². The molecular formula is C17H16ClNO4. The number of hydrogen-bond acceptors (Lipinski definition) is 4. The van der Waals surface area contributed by atoms with Crippen molar-refractivity contribution in [2.45, 2.75) is 6.92 Å². The van der Waals surface area contributed by atoms with Crippen molar-refractivity contribution in [1.29, 1.82) is 0 Å². The van der Waals surface area contributed by atoms with Gasteiger partial charge >= 0.3 is 5.97 Å². The van der Waals surface area contributed by atoms with Crippen LogP contribution in [0.1, 0.15) is 5.56 Å². The molecule has 0 unspecified atom stereocenters. The predicted octanol–water partition coefficient (Wildman–Crippen LogP) is 3.21. The molecule has 0 bridgehead atoms. The molecule has 0 aliphatic heterocycles. The summed E-state index contributed by atoms with van der Waals surface area (Å²) in [6.07, 6.45) is 0. The van der Waals surface area contributed by atoms with Gasteiger partial charge in [0, 0.05) is 10.7 Å². The van der Waals surface area contributed by atoms with Crippen LogP contribution in [0.3, 0.4) is 0 Å². The molecule has 120 valence electrons. The summed E-state index contributed by atoms with van der Waals surface area (Å²) in [5.74, 6) is -0.471. The van der Waals surface area contributed by atoms with Crippen molar-refractivity contribution in [3.63, 3.8) is 0 Å². The lowest BCUT2D eigenvalue weighted by Gasteiger charge is -2.08. The molecule has 0 saturated heterocycles. The van der Waals surface area contributed by atoms with E-state index in [0.29, 0.717) is 16.5 Å². The minimum Gasteiger partial charge on any atom is -0.482 e. The molecule has 5 nitrogen and oxygen atoms in total. The summed E-state index contributed by atoms with van der Waals surface area (Å²) in [6.45, 7) is 1.29. The van der Waals surface area contributed by atoms with Gasteiger partial charge in [-0.25, -0.2) is 4.79 Å². The monoisotopic (exact) mass is 333 g/mol. The first-order valence-electron chi connectivity index (χ1n) is 6.93. The zero-order valence-electron chi connectivity index (χ0n) is 12.5. The number of hydrogen-bond donors (Lipinski definition) is 1. The number of aryl methyl sites for hydroxylation is 1. The van der Waals surface area contributed by atoms with Gasteiger partial charge in [-0.1, -0.05) is 23.7 Å². The van der Waals surface area contributed by atoms with Crippen molar-refractivity contribution in [2.75, 3.05) is 18.5 Å². The van der Waals surface area contributed by atoms with Crippen LogP contribution in [0.5, 0.6) is 5.75 Å². The minimum atomic E-state index is -0.613. The number of halogens is 1. The van der Waals surface area contributed by atoms with Crippen LogP contribution in [0.2, 0.25) is 5.02 Å². The Labute approximate surface area is 139 Å². The molecule has 1 amide bonds. The van der Waals surface area contributed by atoms with Gasteiger partial charge in [-0.15, -0.1) is 0 Å². The molecule has 2 aromatic rings. The molecule has 0 atom stereocenters. The summed E-state index contributed by atoms with van der Waals surface area (Å²) in [6, 6.07) is 13.9. The standard InChI is InChI=1S/C17H16ClNO4/c1-12-3-2-4-15(9-12)22-11-17(21)23-10-16(20)19-14-7-5-13(18)6-8-14/h2-9H,10-11H2,1H3,(H,19,20). The molecule has 2 rings (SSSR count). The Kier molecular flexibility index (Phi) is 6.00. The van der Waals surface area contributed by atoms with Gasteiger partial charge in [-0.2, -0.15) is 0 Å². The highest BCUT2D eigenvalue weighted by atomic mass is 35.5. The van der Waals surface area contributed by atoms with Crippen LogP contribution in [-0.4, -0.2) is 25.1 Å². The van der Waals surface area contributed by atoms with E-state index in [1.807, 2.05) is 19.1 Å². The van der Waals surface area contributed by atoms with E-state index in [4.69, 9.17) is 21.1 Å². The van der Waals surface area contributed by atoms with Crippen LogP contribution in [-0.2, 0) is 14.3 Å². The van der Waals surface area contributed by atoms with Crippen molar-refractivity contribution in [3.05, 3.63) is 59.1 Å². The highest BCUT2D eigenvalue weighted by Gasteiger charge is 2.09. The van der Waals surface area contributed by atoms with Crippen LogP contribution in [0, 0.1) is 6.92 Å². The van der Waals surface area contributed by atoms with E-state index < -0.39 is 11.9 Å². The fraction of sp³-hybridized carbons (Fsp3) is 0.176. The normalized spacial score (nSPS) is 10.0. The predicted molar refractivity (Wildman–Crippen MR) is 87.7 cm³/mol. The smallest absolute Gasteiger partial charge is 0.344 e. The second kappa shape index (κ2) is 8.19. The van der Waals surface area contributed by atoms with Crippen molar-refractivity contribution < 1.29 is 19.1 Å². The molecule has 2 aromatic carbocycles. The zero-order valence-corrected chi connectivity index (χ0v) is 13.3. The Morgan fingerprint density at radius 3 is 2.52 bits per heavy atom. The van der Waals surface area contributed by atoms with Gasteiger partial charge in [-0.05, 0) is 48.9 Å². The number of carbonyl (C=O) groups excluding carboxylic acids is 2. The third-order valence-electron chi connectivity index (χ3n) is 2.84. The fourth-order valence-corrected chi connectivity index (χ4v) is 1.89. The van der Waals surface area contributed by atoms with Crippen molar-refractivity contribution in [3.8, 4) is 5.75 Å². The Morgan fingerprint density at radius 2 is 1.83 bits per heavy atom. The fourth-order valence-electron chi connectivity index (χ4n) is 1.77. The van der Waals surface area contributed by atoms with Gasteiger partial charge < -0.3 is 14.8 Å². The molecule has 0 aromatic heterocycles. The number of ether oxygens (including phenoxy) is 2. The van der Waals surface area contributed by atoms with Crippen molar-refractivity contribution in [2.24, 2.45) is 0 Å². The van der Waals surface area contributed by atoms with Crippen LogP contribution < -0.4 is 10.1 Å². The maximum absolute atomic E-state index is 11.7. The van der Waals surface area contributed by atoms with E-state index in [2.05, 4.69) is 5.32 Å². The second-order valence-corrected chi connectivity index (χ2v) is 5.26. The third-order valence-corrected chi connectivity index (χ3v) is 3.09. The van der Waals surface area contributed by atoms with Gasteiger partial charge in [0.25, 0.3) is 5.91 Å². The Balaban J connectivity index is 1.71. The van der Waals surface area contributed by atoms with Gasteiger partial charge in [0.15, 0.2) is 13.2 Å². The number of nitrogens with one attached hydrogen (secondary N) is 1. The summed E-state index contributed by atoms with van der Waals surface area (Å²) in [5.41, 5.74) is 1.60. The van der Waals surface area contributed by atoms with Crippen molar-refractivity contribution in [1.82, 2.24) is 0 Å². The first-order chi connectivity index (χ1) is 11.0. The first-order valence-corrected chi connectivity index (χ1v) is 7.31. The zero-order chi connectivity index (χ0) is 16.7. The average molecular weight is 334 g/mol. The molecule has 0 heterocycles. The third kappa shape index (κ3) is 6.00. The minimum absolute atomic E-state index is 0.252. The van der Waals surface area contributed by atoms with Gasteiger partial charge in [-0.3, -0.25) is 4.79 Å². The molecule has 1 N–H and O–H groups in total. The summed E-state index contributed by atoms with van der Waals surface area (Å²) < 4.78 is 10.1. The van der Waals surface area contributed by atoms with Crippen LogP contribution in [0.15, 0.2) is 48.5 Å². The van der Waals surface area contributed by atoms with E-state index in [0.717, 1.165) is 5.56 Å². The highest BCUT2D eigenvalue weighted by Crippen LogP contribution is 2.13. The highest BCUT2D eigenvalue weighted by molar-refractivity contribution is 6.30. The van der Waals surface area contributed by atoms with E-state index in [1.165, 1.54) is 0 Å². The molecule has 0 spiro atoms. The lowest BCUT2D eigenvalue weighted by molar-refractivity contribution is -0.149. The summed E-state index contributed by atoms with van der Waals surface area (Å²) in [5, 5.41) is 3.16. The maximum Gasteiger partial charge on any atom is 0.344 e. The molecule has 0 radical (unpaired) electrons. The molecule has 0 saturated carbocycles. The van der Waals surface area contributed by atoms with Gasteiger partial charge in [0.1, 0.15) is 5.75 Å². The largest absolute Gasteiger partial charge is 0.482 e. The molecular weight excluding hydrogens is 318 g/mol. The number of anilines is 1. The Morgan fingerprint density at radius 1 is 1.09 bits per heavy atom. The number of rotatable bonds is 6. The van der Waals surface area contributed by atoms with Gasteiger partial charge in [0.2, 0.25) is 0 Å². The second-order valence-electron chi connectivity index (χ2n) is 4.82. The van der Waals surface area contributed by atoms with E-state index in [1.54, 1.807) is 36.4 Å². The van der Waals surface area contributed by atoms with Gasteiger partial charge in [0.05, 0.1) is 0 Å². The lowest BCUT2D eigenvalue weighted by Crippen LogP contribution is -2.23. The van der Waals surface area contributed by atoms with E-state index in [-0.39, 0.29) is 13.2 Å². The van der Waals surface area contributed by atoms with E-state index in [9.17, 15) is 9.59 Å². The average Bonchev–Trinajstić information content (AvgIpc) is 2.53. The Bertz CT molecular complexity index is 685. The number of benzene rings is 2. The molecule has 0 aliphatic rings. The molecule has 23 heavy (non-hydrogen) atoms. The Hall–Kier alpha value is -2.53.